The van der Waals surface area contributed by atoms with Crippen LogP contribution in [0.1, 0.15) is 12.5 Å². The second-order valence-corrected chi connectivity index (χ2v) is 4.62. The van der Waals surface area contributed by atoms with Crippen molar-refractivity contribution in [3.8, 4) is 0 Å². The number of aromatic nitrogens is 4. The van der Waals surface area contributed by atoms with Crippen LogP contribution in [0, 0.1) is 5.92 Å². The molecule has 0 bridgehead atoms. The van der Waals surface area contributed by atoms with Crippen molar-refractivity contribution in [2.24, 2.45) is 5.92 Å². The highest BCUT2D eigenvalue weighted by atomic mass is 19.3. The molecule has 2 atom stereocenters. The number of esters is 1. The van der Waals surface area contributed by atoms with Crippen LogP contribution in [0.4, 0.5) is 14.6 Å². The lowest BCUT2D eigenvalue weighted by atomic mass is 9.75. The van der Waals surface area contributed by atoms with E-state index in [4.69, 9.17) is 5.73 Å². The lowest BCUT2D eigenvalue weighted by molar-refractivity contribution is -0.190. The van der Waals surface area contributed by atoms with Gasteiger partial charge >= 0.3 is 5.97 Å². The molecule has 0 aliphatic heterocycles. The van der Waals surface area contributed by atoms with Crippen LogP contribution in [-0.2, 0) is 9.53 Å². The third kappa shape index (κ3) is 1.62. The average molecular weight is 283 g/mol. The van der Waals surface area contributed by atoms with Crippen LogP contribution in [0.3, 0.4) is 0 Å². The Balaban J connectivity index is 2.09. The minimum Gasteiger partial charge on any atom is -0.469 e. The topological polar surface area (TPSA) is 95.9 Å². The van der Waals surface area contributed by atoms with Crippen LogP contribution in [0.5, 0.6) is 0 Å². The molecule has 1 saturated carbocycles. The summed E-state index contributed by atoms with van der Waals surface area (Å²) in [5.74, 6) is -4.52. The Morgan fingerprint density at radius 3 is 2.90 bits per heavy atom. The third-order valence-electron chi connectivity index (χ3n) is 3.50. The average Bonchev–Trinajstić information content (AvgIpc) is 2.81. The van der Waals surface area contributed by atoms with Gasteiger partial charge in [0.2, 0.25) is 0 Å². The maximum Gasteiger partial charge on any atom is 0.311 e. The largest absolute Gasteiger partial charge is 0.469 e. The summed E-state index contributed by atoms with van der Waals surface area (Å²) in [5, 5.41) is 0. The summed E-state index contributed by atoms with van der Waals surface area (Å²) in [6.45, 7) is 0. The van der Waals surface area contributed by atoms with E-state index in [1.54, 1.807) is 0 Å². The number of nitrogens with two attached hydrogens (primary N) is 1. The lowest BCUT2D eigenvalue weighted by Crippen LogP contribution is -2.52. The van der Waals surface area contributed by atoms with Gasteiger partial charge in [0.1, 0.15) is 17.9 Å². The maximum atomic E-state index is 13.8. The van der Waals surface area contributed by atoms with Crippen LogP contribution in [0.15, 0.2) is 12.7 Å². The van der Waals surface area contributed by atoms with E-state index in [9.17, 15) is 13.6 Å². The Labute approximate surface area is 111 Å². The molecule has 1 aliphatic rings. The summed E-state index contributed by atoms with van der Waals surface area (Å²) >= 11 is 0. The smallest absolute Gasteiger partial charge is 0.311 e. The van der Waals surface area contributed by atoms with Crippen molar-refractivity contribution < 1.29 is 18.3 Å². The zero-order chi connectivity index (χ0) is 14.5. The van der Waals surface area contributed by atoms with Crippen molar-refractivity contribution in [1.82, 2.24) is 19.5 Å². The first-order chi connectivity index (χ1) is 9.45. The van der Waals surface area contributed by atoms with E-state index >= 15 is 0 Å². The number of carbonyl (C=O) groups excluding carboxylic acids is 1. The van der Waals surface area contributed by atoms with E-state index < -0.39 is 30.3 Å². The number of methoxy groups -OCH3 is 1. The van der Waals surface area contributed by atoms with Gasteiger partial charge in [-0.2, -0.15) is 0 Å². The van der Waals surface area contributed by atoms with Gasteiger partial charge in [0.15, 0.2) is 11.5 Å². The Morgan fingerprint density at radius 1 is 1.50 bits per heavy atom. The lowest BCUT2D eigenvalue weighted by Gasteiger charge is -2.42. The van der Waals surface area contributed by atoms with Gasteiger partial charge in [-0.25, -0.2) is 23.7 Å². The van der Waals surface area contributed by atoms with Crippen molar-refractivity contribution >= 4 is 23.0 Å². The number of alkyl halides is 2. The molecule has 7 nitrogen and oxygen atoms in total. The molecule has 2 aromatic heterocycles. The molecule has 106 valence electrons. The first-order valence-corrected chi connectivity index (χ1v) is 5.84. The number of fused-ring (bicyclic) bond motifs is 1. The number of hydrogen-bond acceptors (Lipinski definition) is 6. The molecule has 0 radical (unpaired) electrons. The predicted octanol–water partition coefficient (Wildman–Crippen LogP) is 0.778. The summed E-state index contributed by atoms with van der Waals surface area (Å²) < 4.78 is 33.3. The molecule has 0 aromatic carbocycles. The fraction of sp³-hybridized carbons (Fsp3) is 0.455. The van der Waals surface area contributed by atoms with Crippen molar-refractivity contribution in [3.63, 3.8) is 0 Å². The summed E-state index contributed by atoms with van der Waals surface area (Å²) in [6.07, 6.45) is 1.81. The van der Waals surface area contributed by atoms with Gasteiger partial charge in [0.25, 0.3) is 5.92 Å². The summed E-state index contributed by atoms with van der Waals surface area (Å²) in [6, 6.07) is -1.37. The number of hydrogen-bond donors (Lipinski definition) is 1. The van der Waals surface area contributed by atoms with Crippen LogP contribution < -0.4 is 5.73 Å². The summed E-state index contributed by atoms with van der Waals surface area (Å²) in [7, 11) is 1.17. The molecule has 1 fully saturated rings. The number of carbonyl (C=O) groups is 1. The van der Waals surface area contributed by atoms with Crippen LogP contribution in [-0.4, -0.2) is 38.5 Å². The van der Waals surface area contributed by atoms with Gasteiger partial charge in [0, 0.05) is 6.42 Å². The van der Waals surface area contributed by atoms with Crippen LogP contribution >= 0.6 is 0 Å². The van der Waals surface area contributed by atoms with E-state index in [0.717, 1.165) is 0 Å². The highest BCUT2D eigenvalue weighted by Gasteiger charge is 2.61. The van der Waals surface area contributed by atoms with E-state index in [2.05, 4.69) is 19.7 Å². The minimum atomic E-state index is -3.02. The molecular formula is C11H11F2N5O2. The molecule has 1 unspecified atom stereocenters. The number of ether oxygens (including phenoxy) is 1. The predicted molar refractivity (Wildman–Crippen MR) is 63.8 cm³/mol. The van der Waals surface area contributed by atoms with Gasteiger partial charge in [0.05, 0.1) is 19.4 Å². The van der Waals surface area contributed by atoms with Crippen molar-refractivity contribution in [1.29, 1.82) is 0 Å². The second kappa shape index (κ2) is 4.09. The highest BCUT2D eigenvalue weighted by molar-refractivity contribution is 5.82. The Hall–Kier alpha value is -2.32. The molecular weight excluding hydrogens is 272 g/mol. The Bertz CT molecular complexity index is 687. The second-order valence-electron chi connectivity index (χ2n) is 4.62. The number of imidazole rings is 1. The minimum absolute atomic E-state index is 0.103. The van der Waals surface area contributed by atoms with E-state index in [0.29, 0.717) is 0 Å². The molecule has 9 heteroatoms. The van der Waals surface area contributed by atoms with Gasteiger partial charge in [-0.3, -0.25) is 4.79 Å². The SMILES string of the molecule is COC(=O)C1CC(F)(F)[C@H]1n1cnc2c(N)ncnc21. The number of nitrogens with zero attached hydrogens (tertiary/aromatic N) is 4. The van der Waals surface area contributed by atoms with Crippen LogP contribution in [0.2, 0.25) is 0 Å². The molecule has 3 rings (SSSR count). The first-order valence-electron chi connectivity index (χ1n) is 5.84. The zero-order valence-electron chi connectivity index (χ0n) is 10.5. The summed E-state index contributed by atoms with van der Waals surface area (Å²) in [4.78, 5) is 23.1. The molecule has 1 aliphatic carbocycles. The number of anilines is 1. The molecule has 0 saturated heterocycles. The standard InChI is InChI=1S/C11H11F2N5O2/c1-20-10(19)5-2-11(12,13)7(5)18-4-17-6-8(14)15-3-16-9(6)18/h3-5,7H,2H2,1H3,(H2,14,15,16)/t5?,7-/m0/s1. The fourth-order valence-electron chi connectivity index (χ4n) is 2.49. The van der Waals surface area contributed by atoms with Crippen LogP contribution in [0.25, 0.3) is 11.2 Å². The monoisotopic (exact) mass is 283 g/mol. The molecule has 2 N–H and O–H groups in total. The zero-order valence-corrected chi connectivity index (χ0v) is 10.5. The van der Waals surface area contributed by atoms with Crippen molar-refractivity contribution in [2.75, 3.05) is 12.8 Å². The normalized spacial score (nSPS) is 24.4. The van der Waals surface area contributed by atoms with E-state index in [1.807, 2.05) is 0 Å². The van der Waals surface area contributed by atoms with Gasteiger partial charge in [-0.1, -0.05) is 0 Å². The molecule has 2 heterocycles. The van der Waals surface area contributed by atoms with E-state index in [-0.39, 0.29) is 17.0 Å². The molecule has 2 aromatic rings. The summed E-state index contributed by atoms with van der Waals surface area (Å²) in [5.41, 5.74) is 6.02. The third-order valence-corrected chi connectivity index (χ3v) is 3.50. The highest BCUT2D eigenvalue weighted by Crippen LogP contribution is 2.52. The molecule has 0 spiro atoms. The number of nitrogen functional groups attached to an aromatic ring is 1. The fourth-order valence-corrected chi connectivity index (χ4v) is 2.49. The van der Waals surface area contributed by atoms with Crippen molar-refractivity contribution in [2.45, 2.75) is 18.4 Å². The van der Waals surface area contributed by atoms with E-state index in [1.165, 1.54) is 24.3 Å². The molecule has 20 heavy (non-hydrogen) atoms. The van der Waals surface area contributed by atoms with Gasteiger partial charge < -0.3 is 15.0 Å². The van der Waals surface area contributed by atoms with Gasteiger partial charge in [-0.05, 0) is 0 Å². The quantitative estimate of drug-likeness (QED) is 0.818. The Morgan fingerprint density at radius 2 is 2.25 bits per heavy atom. The van der Waals surface area contributed by atoms with Crippen molar-refractivity contribution in [3.05, 3.63) is 12.7 Å². The number of halogens is 2. The maximum absolute atomic E-state index is 13.8. The molecule has 0 amide bonds. The Kier molecular flexibility index (Phi) is 2.59. The first kappa shape index (κ1) is 12.7. The number of rotatable bonds is 2. The van der Waals surface area contributed by atoms with Gasteiger partial charge in [-0.15, -0.1) is 0 Å².